The van der Waals surface area contributed by atoms with Crippen molar-refractivity contribution in [3.63, 3.8) is 0 Å². The van der Waals surface area contributed by atoms with Crippen LogP contribution in [-0.4, -0.2) is 85.2 Å². The molecular weight excluding hydrogens is 332 g/mol. The maximum Gasteiger partial charge on any atom is 0.0251 e. The van der Waals surface area contributed by atoms with Crippen molar-refractivity contribution in [3.05, 3.63) is 0 Å². The van der Waals surface area contributed by atoms with Gasteiger partial charge in [0.2, 0.25) is 0 Å². The summed E-state index contributed by atoms with van der Waals surface area (Å²) in [5.74, 6) is 0. The van der Waals surface area contributed by atoms with Crippen molar-refractivity contribution in [1.29, 1.82) is 0 Å². The van der Waals surface area contributed by atoms with Crippen LogP contribution in [0.2, 0.25) is 0 Å². The zero-order valence-corrected chi connectivity index (χ0v) is 18.8. The topological polar surface area (TPSA) is 21.8 Å². The molecule has 0 radical (unpaired) electrons. The molecule has 3 fully saturated rings. The van der Waals surface area contributed by atoms with E-state index in [1.165, 1.54) is 77.3 Å². The molecule has 4 nitrogen and oxygen atoms in total. The lowest BCUT2D eigenvalue weighted by Crippen LogP contribution is -2.56. The zero-order valence-electron chi connectivity index (χ0n) is 18.8. The van der Waals surface area contributed by atoms with E-state index in [9.17, 15) is 0 Å². The molecule has 1 N–H and O–H groups in total. The van der Waals surface area contributed by atoms with E-state index in [1.54, 1.807) is 0 Å². The van der Waals surface area contributed by atoms with Crippen LogP contribution in [0.4, 0.5) is 0 Å². The minimum Gasteiger partial charge on any atom is -0.310 e. The van der Waals surface area contributed by atoms with Crippen LogP contribution in [0.3, 0.4) is 0 Å². The molecule has 2 aliphatic carbocycles. The Balaban J connectivity index is 1.74. The molecule has 0 spiro atoms. The largest absolute Gasteiger partial charge is 0.310 e. The fourth-order valence-corrected chi connectivity index (χ4v) is 6.01. The second kappa shape index (κ2) is 10.0. The van der Waals surface area contributed by atoms with Crippen molar-refractivity contribution >= 4 is 0 Å². The van der Waals surface area contributed by atoms with Gasteiger partial charge in [-0.1, -0.05) is 25.7 Å². The Labute approximate surface area is 169 Å². The molecule has 0 amide bonds. The second-order valence-corrected chi connectivity index (χ2v) is 10.00. The predicted octanol–water partition coefficient (Wildman–Crippen LogP) is 3.56. The highest BCUT2D eigenvalue weighted by atomic mass is 15.2. The average Bonchev–Trinajstić information content (AvgIpc) is 2.69. The van der Waals surface area contributed by atoms with E-state index < -0.39 is 0 Å². The second-order valence-electron chi connectivity index (χ2n) is 10.00. The van der Waals surface area contributed by atoms with Crippen molar-refractivity contribution < 1.29 is 0 Å². The van der Waals surface area contributed by atoms with Crippen molar-refractivity contribution in [3.8, 4) is 0 Å². The Morgan fingerprint density at radius 1 is 0.630 bits per heavy atom. The van der Waals surface area contributed by atoms with Gasteiger partial charge < -0.3 is 15.1 Å². The fraction of sp³-hybridized carbons (Fsp3) is 1.00. The first-order chi connectivity index (χ1) is 13.0. The van der Waals surface area contributed by atoms with Gasteiger partial charge in [0.05, 0.1) is 0 Å². The minimum absolute atomic E-state index is 0.619. The monoisotopic (exact) mass is 378 g/mol. The summed E-state index contributed by atoms with van der Waals surface area (Å²) in [5.41, 5.74) is 0. The van der Waals surface area contributed by atoms with E-state index in [0.29, 0.717) is 18.1 Å². The van der Waals surface area contributed by atoms with Gasteiger partial charge in [0.1, 0.15) is 0 Å². The van der Waals surface area contributed by atoms with E-state index in [4.69, 9.17) is 0 Å². The van der Waals surface area contributed by atoms with Gasteiger partial charge in [-0.3, -0.25) is 4.90 Å². The standard InChI is InChI=1S/C23H46N4/c1-18-14-16-26(4)22-12-8-9-13-23(22)27(5)19(2)15-17-25(3)21-11-7-6-10-20(21)24-18/h18-24H,6-17H2,1-5H3. The van der Waals surface area contributed by atoms with Crippen LogP contribution in [0.15, 0.2) is 0 Å². The summed E-state index contributed by atoms with van der Waals surface area (Å²) in [5, 5.41) is 4.04. The summed E-state index contributed by atoms with van der Waals surface area (Å²) in [6.07, 6.45) is 13.7. The molecule has 6 atom stereocenters. The highest BCUT2D eigenvalue weighted by molar-refractivity contribution is 4.92. The van der Waals surface area contributed by atoms with Gasteiger partial charge in [0, 0.05) is 36.3 Å². The first kappa shape index (κ1) is 21.5. The molecule has 6 unspecified atom stereocenters. The summed E-state index contributed by atoms with van der Waals surface area (Å²) in [4.78, 5) is 8.12. The molecule has 0 aromatic carbocycles. The molecule has 1 heterocycles. The van der Waals surface area contributed by atoms with Crippen LogP contribution < -0.4 is 5.32 Å². The van der Waals surface area contributed by atoms with E-state index in [1.807, 2.05) is 0 Å². The van der Waals surface area contributed by atoms with Crippen molar-refractivity contribution in [1.82, 2.24) is 20.0 Å². The summed E-state index contributed by atoms with van der Waals surface area (Å²) in [6.45, 7) is 7.34. The van der Waals surface area contributed by atoms with E-state index in [2.05, 4.69) is 55.0 Å². The number of likely N-dealkylation sites (N-methyl/N-ethyl adjacent to an activating group) is 3. The predicted molar refractivity (Wildman–Crippen MR) is 116 cm³/mol. The number of hydrogen-bond donors (Lipinski definition) is 1. The van der Waals surface area contributed by atoms with Gasteiger partial charge in [-0.2, -0.15) is 0 Å². The van der Waals surface area contributed by atoms with E-state index in [-0.39, 0.29) is 0 Å². The van der Waals surface area contributed by atoms with Crippen LogP contribution in [0.5, 0.6) is 0 Å². The first-order valence-corrected chi connectivity index (χ1v) is 11.9. The van der Waals surface area contributed by atoms with Crippen molar-refractivity contribution in [2.24, 2.45) is 0 Å². The van der Waals surface area contributed by atoms with Gasteiger partial charge in [0.25, 0.3) is 0 Å². The average molecular weight is 379 g/mol. The Bertz CT molecular complexity index is 442. The molecule has 3 rings (SSSR count). The highest BCUT2D eigenvalue weighted by Crippen LogP contribution is 2.29. The lowest BCUT2D eigenvalue weighted by atomic mass is 9.86. The van der Waals surface area contributed by atoms with Crippen LogP contribution in [0.25, 0.3) is 0 Å². The molecule has 27 heavy (non-hydrogen) atoms. The van der Waals surface area contributed by atoms with Crippen molar-refractivity contribution in [2.45, 2.75) is 114 Å². The zero-order chi connectivity index (χ0) is 19.4. The molecule has 3 aliphatic rings. The Hall–Kier alpha value is -0.160. The maximum absolute atomic E-state index is 4.04. The third-order valence-corrected chi connectivity index (χ3v) is 8.09. The molecule has 0 aromatic rings. The third kappa shape index (κ3) is 5.46. The molecule has 2 saturated carbocycles. The number of rotatable bonds is 0. The fourth-order valence-electron chi connectivity index (χ4n) is 6.01. The number of fused-ring (bicyclic) bond motifs is 2. The summed E-state index contributed by atoms with van der Waals surface area (Å²) < 4.78 is 0. The molecule has 4 heteroatoms. The van der Waals surface area contributed by atoms with Gasteiger partial charge in [-0.05, 0) is 86.6 Å². The molecular formula is C23H46N4. The van der Waals surface area contributed by atoms with Gasteiger partial charge in [-0.15, -0.1) is 0 Å². The Morgan fingerprint density at radius 3 is 1.93 bits per heavy atom. The molecule has 1 aliphatic heterocycles. The summed E-state index contributed by atoms with van der Waals surface area (Å²) >= 11 is 0. The van der Waals surface area contributed by atoms with Crippen LogP contribution >= 0.6 is 0 Å². The normalized spacial score (nSPS) is 42.1. The highest BCUT2D eigenvalue weighted by Gasteiger charge is 2.34. The Kier molecular flexibility index (Phi) is 8.02. The minimum atomic E-state index is 0.619. The third-order valence-electron chi connectivity index (χ3n) is 8.09. The van der Waals surface area contributed by atoms with E-state index >= 15 is 0 Å². The van der Waals surface area contributed by atoms with Gasteiger partial charge in [-0.25, -0.2) is 0 Å². The van der Waals surface area contributed by atoms with Crippen LogP contribution in [-0.2, 0) is 0 Å². The first-order valence-electron chi connectivity index (χ1n) is 11.9. The van der Waals surface area contributed by atoms with Crippen molar-refractivity contribution in [2.75, 3.05) is 34.2 Å². The lowest BCUT2D eigenvalue weighted by molar-refractivity contribution is 0.0430. The number of nitrogens with zero attached hydrogens (tertiary/aromatic N) is 3. The Morgan fingerprint density at radius 2 is 1.19 bits per heavy atom. The number of nitrogens with one attached hydrogen (secondary N) is 1. The SMILES string of the molecule is CC1CCN(C)C2CCCCC2N(C)C(C)CCN(C)C2CCCCC2N1. The molecule has 158 valence electrons. The van der Waals surface area contributed by atoms with Gasteiger partial charge >= 0.3 is 0 Å². The van der Waals surface area contributed by atoms with Crippen LogP contribution in [0, 0.1) is 0 Å². The number of hydrogen-bond acceptors (Lipinski definition) is 4. The quantitative estimate of drug-likeness (QED) is 0.696. The maximum atomic E-state index is 4.04. The molecule has 0 bridgehead atoms. The van der Waals surface area contributed by atoms with E-state index in [0.717, 1.165) is 18.1 Å². The summed E-state index contributed by atoms with van der Waals surface area (Å²) in [7, 11) is 7.17. The smallest absolute Gasteiger partial charge is 0.0251 e. The van der Waals surface area contributed by atoms with Crippen LogP contribution in [0.1, 0.15) is 78.1 Å². The summed E-state index contributed by atoms with van der Waals surface area (Å²) in [6, 6.07) is 4.17. The molecule has 1 saturated heterocycles. The van der Waals surface area contributed by atoms with Gasteiger partial charge in [0.15, 0.2) is 0 Å². The lowest BCUT2D eigenvalue weighted by Gasteiger charge is -2.46. The molecule has 0 aromatic heterocycles.